The van der Waals surface area contributed by atoms with Crippen LogP contribution < -0.4 is 19.5 Å². The van der Waals surface area contributed by atoms with Crippen molar-refractivity contribution in [2.75, 3.05) is 19.9 Å². The van der Waals surface area contributed by atoms with Crippen LogP contribution in [0.2, 0.25) is 0 Å². The van der Waals surface area contributed by atoms with Crippen molar-refractivity contribution >= 4 is 11.8 Å². The summed E-state index contributed by atoms with van der Waals surface area (Å²) in [6.45, 7) is -0.376. The number of aliphatic hydroxyl groups excluding tert-OH is 2. The van der Waals surface area contributed by atoms with Gasteiger partial charge < -0.3 is 34.6 Å². The van der Waals surface area contributed by atoms with Crippen LogP contribution in [0.25, 0.3) is 0 Å². The van der Waals surface area contributed by atoms with Crippen LogP contribution in [-0.2, 0) is 17.5 Å². The van der Waals surface area contributed by atoms with Crippen molar-refractivity contribution in [1.29, 1.82) is 0 Å². The van der Waals surface area contributed by atoms with Crippen molar-refractivity contribution in [3.63, 3.8) is 0 Å². The quantitative estimate of drug-likeness (QED) is 0.383. The number of alkyl halides is 3. The molecule has 0 bridgehead atoms. The first-order valence-electron chi connectivity index (χ1n) is 13.6. The van der Waals surface area contributed by atoms with Crippen LogP contribution in [0, 0.1) is 0 Å². The lowest BCUT2D eigenvalue weighted by atomic mass is 9.77. The van der Waals surface area contributed by atoms with E-state index in [1.165, 1.54) is 11.0 Å². The molecule has 12 heteroatoms. The second-order valence-electron chi connectivity index (χ2n) is 10.4. The van der Waals surface area contributed by atoms with Gasteiger partial charge in [0.15, 0.2) is 11.5 Å². The van der Waals surface area contributed by atoms with Crippen molar-refractivity contribution < 1.29 is 47.2 Å². The average molecular weight is 597 g/mol. The number of ether oxygens (including phenoxy) is 3. The van der Waals surface area contributed by atoms with Gasteiger partial charge in [-0.3, -0.25) is 9.59 Å². The second-order valence-corrected chi connectivity index (χ2v) is 10.4. The summed E-state index contributed by atoms with van der Waals surface area (Å²) in [6, 6.07) is 14.8. The van der Waals surface area contributed by atoms with Crippen molar-refractivity contribution in [1.82, 2.24) is 10.2 Å². The fraction of sp³-hybridized carbons (Fsp3) is 0.290. The molecule has 43 heavy (non-hydrogen) atoms. The molecular weight excluding hydrogens is 569 g/mol. The zero-order chi connectivity index (χ0) is 30.3. The predicted octanol–water partition coefficient (Wildman–Crippen LogP) is 3.40. The van der Waals surface area contributed by atoms with Gasteiger partial charge in [-0.05, 0) is 54.1 Å². The van der Waals surface area contributed by atoms with E-state index in [0.717, 1.165) is 24.3 Å². The van der Waals surface area contributed by atoms with Crippen LogP contribution in [0.1, 0.15) is 33.0 Å². The van der Waals surface area contributed by atoms with E-state index in [9.17, 15) is 33.0 Å². The van der Waals surface area contributed by atoms with E-state index in [2.05, 4.69) is 5.32 Å². The molecule has 0 unspecified atom stereocenters. The maximum absolute atomic E-state index is 14.0. The van der Waals surface area contributed by atoms with Crippen molar-refractivity contribution in [3.8, 4) is 17.2 Å². The summed E-state index contributed by atoms with van der Waals surface area (Å²) in [5, 5.41) is 23.7. The lowest BCUT2D eigenvalue weighted by molar-refractivity contribution is -0.137. The normalized spacial score (nSPS) is 21.7. The molecule has 9 nitrogen and oxygen atoms in total. The standard InChI is InChI=1S/C31H27F3N2O7/c32-31(33,34)19-8-6-18(7-9-19)30(40)36(15-17-5-10-24-25(13-17)42-16-41-24)22-14-21(29(39)35-11-12-37)26-20-3-1-2-4-23(20)43-28(26)27(22)38/h1-10,13-14,22,26-28,37-38H,11-12,15-16H2,(H,35,39)/t22-,26+,27+,28+/m1/s1. The van der Waals surface area contributed by atoms with E-state index in [-0.39, 0.29) is 37.6 Å². The van der Waals surface area contributed by atoms with Gasteiger partial charge in [-0.25, -0.2) is 0 Å². The van der Waals surface area contributed by atoms with E-state index in [1.807, 2.05) is 0 Å². The first-order chi connectivity index (χ1) is 20.7. The van der Waals surface area contributed by atoms with Gasteiger partial charge in [-0.2, -0.15) is 13.2 Å². The van der Waals surface area contributed by atoms with E-state index in [1.54, 1.807) is 42.5 Å². The number of hydrogen-bond acceptors (Lipinski definition) is 7. The number of carbonyl (C=O) groups is 2. The van der Waals surface area contributed by atoms with Crippen LogP contribution in [0.4, 0.5) is 13.2 Å². The van der Waals surface area contributed by atoms with Crippen molar-refractivity contribution in [2.45, 2.75) is 36.9 Å². The molecule has 1 aliphatic carbocycles. The van der Waals surface area contributed by atoms with Gasteiger partial charge in [0.2, 0.25) is 12.7 Å². The summed E-state index contributed by atoms with van der Waals surface area (Å²) in [5.74, 6) is -0.381. The molecule has 0 aromatic heterocycles. The molecule has 2 aliphatic heterocycles. The third-order valence-corrected chi connectivity index (χ3v) is 7.75. The molecule has 0 saturated heterocycles. The highest BCUT2D eigenvalue weighted by molar-refractivity contribution is 5.97. The number of benzene rings is 3. The molecule has 4 atom stereocenters. The Balaban J connectivity index is 1.42. The molecule has 2 heterocycles. The molecule has 3 aromatic rings. The Kier molecular flexibility index (Phi) is 7.49. The summed E-state index contributed by atoms with van der Waals surface area (Å²) in [6.07, 6.45) is -5.35. The van der Waals surface area contributed by atoms with Crippen LogP contribution in [-0.4, -0.2) is 65.1 Å². The van der Waals surface area contributed by atoms with Crippen molar-refractivity contribution in [2.24, 2.45) is 0 Å². The first kappa shape index (κ1) is 28.6. The van der Waals surface area contributed by atoms with Crippen LogP contribution in [0.3, 0.4) is 0 Å². The van der Waals surface area contributed by atoms with Crippen LogP contribution >= 0.6 is 0 Å². The zero-order valence-corrected chi connectivity index (χ0v) is 22.6. The zero-order valence-electron chi connectivity index (χ0n) is 22.6. The number of fused-ring (bicyclic) bond motifs is 4. The number of carbonyl (C=O) groups excluding carboxylic acids is 2. The minimum absolute atomic E-state index is 0.0192. The maximum atomic E-state index is 14.0. The fourth-order valence-corrected chi connectivity index (χ4v) is 5.71. The molecule has 0 spiro atoms. The Bertz CT molecular complexity index is 1570. The Morgan fingerprint density at radius 2 is 1.72 bits per heavy atom. The topological polar surface area (TPSA) is 118 Å². The van der Waals surface area contributed by atoms with E-state index in [4.69, 9.17) is 14.2 Å². The molecule has 3 aliphatic rings. The summed E-state index contributed by atoms with van der Waals surface area (Å²) >= 11 is 0. The number of nitrogens with one attached hydrogen (secondary N) is 1. The fourth-order valence-electron chi connectivity index (χ4n) is 5.71. The SMILES string of the molecule is O=C(NCCO)C1=C[C@@H](N(Cc2ccc3c(c2)OCO3)C(=O)c2ccc(C(F)(F)F)cc2)[C@H](O)[C@H]2Oc3ccccc3[C@@H]12. The Morgan fingerprint density at radius 1 is 0.977 bits per heavy atom. The molecule has 0 fully saturated rings. The predicted molar refractivity (Wildman–Crippen MR) is 145 cm³/mol. The van der Waals surface area contributed by atoms with E-state index < -0.39 is 47.7 Å². The van der Waals surface area contributed by atoms with Crippen molar-refractivity contribution in [3.05, 3.63) is 101 Å². The smallest absolute Gasteiger partial charge is 0.416 e. The van der Waals surface area contributed by atoms with Gasteiger partial charge in [0.1, 0.15) is 18.0 Å². The number of para-hydroxylation sites is 1. The van der Waals surface area contributed by atoms with Crippen LogP contribution in [0.15, 0.2) is 78.4 Å². The molecule has 3 N–H and O–H groups in total. The number of halogens is 3. The minimum atomic E-state index is -4.59. The lowest BCUT2D eigenvalue weighted by Gasteiger charge is -2.40. The Morgan fingerprint density at radius 3 is 2.47 bits per heavy atom. The lowest BCUT2D eigenvalue weighted by Crippen LogP contribution is -2.55. The molecule has 0 radical (unpaired) electrons. The Hall–Kier alpha value is -4.55. The molecule has 6 rings (SSSR count). The van der Waals surface area contributed by atoms with E-state index in [0.29, 0.717) is 28.4 Å². The summed E-state index contributed by atoms with van der Waals surface area (Å²) in [4.78, 5) is 28.7. The average Bonchev–Trinajstić information content (AvgIpc) is 3.63. The van der Waals surface area contributed by atoms with Gasteiger partial charge in [0.05, 0.1) is 24.1 Å². The summed E-state index contributed by atoms with van der Waals surface area (Å²) in [5.41, 5.74) is 0.556. The summed E-state index contributed by atoms with van der Waals surface area (Å²) < 4.78 is 56.7. The van der Waals surface area contributed by atoms with Crippen LogP contribution in [0.5, 0.6) is 17.2 Å². The first-order valence-corrected chi connectivity index (χ1v) is 13.6. The van der Waals surface area contributed by atoms with Gasteiger partial charge in [-0.1, -0.05) is 24.3 Å². The number of amides is 2. The number of hydrogen-bond donors (Lipinski definition) is 3. The highest BCUT2D eigenvalue weighted by atomic mass is 19.4. The molecule has 224 valence electrons. The third-order valence-electron chi connectivity index (χ3n) is 7.75. The van der Waals surface area contributed by atoms with Gasteiger partial charge in [-0.15, -0.1) is 0 Å². The second kappa shape index (κ2) is 11.3. The third kappa shape index (κ3) is 5.39. The highest BCUT2D eigenvalue weighted by Crippen LogP contribution is 2.47. The molecular formula is C31H27F3N2O7. The van der Waals surface area contributed by atoms with Gasteiger partial charge in [0, 0.05) is 29.8 Å². The van der Waals surface area contributed by atoms with Gasteiger partial charge >= 0.3 is 6.18 Å². The number of rotatable bonds is 7. The number of aliphatic hydroxyl groups is 2. The monoisotopic (exact) mass is 596 g/mol. The molecule has 0 saturated carbocycles. The largest absolute Gasteiger partial charge is 0.486 e. The molecule has 3 aromatic carbocycles. The summed E-state index contributed by atoms with van der Waals surface area (Å²) in [7, 11) is 0. The maximum Gasteiger partial charge on any atom is 0.416 e. The van der Waals surface area contributed by atoms with E-state index >= 15 is 0 Å². The Labute approximate surface area is 244 Å². The number of nitrogens with zero attached hydrogens (tertiary/aromatic N) is 1. The highest BCUT2D eigenvalue weighted by Gasteiger charge is 2.50. The van der Waals surface area contributed by atoms with Gasteiger partial charge in [0.25, 0.3) is 5.91 Å². The molecule has 2 amide bonds. The minimum Gasteiger partial charge on any atom is -0.486 e.